The van der Waals surface area contributed by atoms with E-state index in [2.05, 4.69) is 9.97 Å². The molecule has 0 N–H and O–H groups in total. The molecule has 1 fully saturated rings. The van der Waals surface area contributed by atoms with Crippen molar-refractivity contribution in [2.45, 2.75) is 12.5 Å². The molecule has 8 heteroatoms. The van der Waals surface area contributed by atoms with Crippen LogP contribution in [-0.2, 0) is 4.79 Å². The van der Waals surface area contributed by atoms with Gasteiger partial charge in [-0.1, -0.05) is 11.6 Å². The monoisotopic (exact) mass is 351 g/mol. The van der Waals surface area contributed by atoms with Gasteiger partial charge >= 0.3 is 6.01 Å². The van der Waals surface area contributed by atoms with E-state index in [-0.39, 0.29) is 30.4 Å². The van der Waals surface area contributed by atoms with Gasteiger partial charge < -0.3 is 14.4 Å². The zero-order valence-electron chi connectivity index (χ0n) is 12.7. The predicted octanol–water partition coefficient (Wildman–Crippen LogP) is 2.33. The van der Waals surface area contributed by atoms with Crippen LogP contribution in [0.1, 0.15) is 6.42 Å². The zero-order valence-corrected chi connectivity index (χ0v) is 13.4. The van der Waals surface area contributed by atoms with Gasteiger partial charge in [0, 0.05) is 13.0 Å². The van der Waals surface area contributed by atoms with Gasteiger partial charge in [0.25, 0.3) is 5.91 Å². The summed E-state index contributed by atoms with van der Waals surface area (Å²) in [6.45, 7) is 0.914. The second-order valence-corrected chi connectivity index (χ2v) is 5.73. The largest absolute Gasteiger partial charge is 0.484 e. The molecule has 1 aromatic carbocycles. The topological polar surface area (TPSA) is 64.5 Å². The Balaban J connectivity index is 1.46. The van der Waals surface area contributed by atoms with Crippen LogP contribution in [-0.4, -0.2) is 46.6 Å². The minimum absolute atomic E-state index is 0.101. The smallest absolute Gasteiger partial charge is 0.316 e. The third-order valence-electron chi connectivity index (χ3n) is 3.54. The van der Waals surface area contributed by atoms with Gasteiger partial charge in [-0.05, 0) is 24.3 Å². The molecule has 2 heterocycles. The Morgan fingerprint density at radius 2 is 2.00 bits per heavy atom. The first kappa shape index (κ1) is 16.4. The summed E-state index contributed by atoms with van der Waals surface area (Å²) in [4.78, 5) is 21.7. The van der Waals surface area contributed by atoms with E-state index in [9.17, 15) is 9.18 Å². The molecule has 2 aromatic rings. The SMILES string of the molecule is O=C(COc1ccc(F)cc1)N1CC[C@@H](Oc2ncc(Cl)cn2)C1. The molecule has 1 saturated heterocycles. The molecule has 1 atom stereocenters. The van der Waals surface area contributed by atoms with Crippen molar-refractivity contribution in [2.75, 3.05) is 19.7 Å². The number of rotatable bonds is 5. The highest BCUT2D eigenvalue weighted by atomic mass is 35.5. The fourth-order valence-electron chi connectivity index (χ4n) is 2.33. The molecular formula is C16H15ClFN3O3. The Labute approximate surface area is 143 Å². The standard InChI is InChI=1S/C16H15ClFN3O3/c17-11-7-19-16(20-8-11)24-14-5-6-21(9-14)15(22)10-23-13-3-1-12(18)2-4-13/h1-4,7-8,14H,5-6,9-10H2/t14-/m1/s1. The van der Waals surface area contributed by atoms with Crippen molar-refractivity contribution in [1.29, 1.82) is 0 Å². The van der Waals surface area contributed by atoms with Gasteiger partial charge in [-0.3, -0.25) is 4.79 Å². The Bertz CT molecular complexity index is 697. The minimum Gasteiger partial charge on any atom is -0.484 e. The van der Waals surface area contributed by atoms with Crippen LogP contribution in [0.3, 0.4) is 0 Å². The van der Waals surface area contributed by atoms with Crippen LogP contribution in [0.2, 0.25) is 5.02 Å². The molecule has 24 heavy (non-hydrogen) atoms. The van der Waals surface area contributed by atoms with E-state index in [4.69, 9.17) is 21.1 Å². The third-order valence-corrected chi connectivity index (χ3v) is 3.74. The van der Waals surface area contributed by atoms with Gasteiger partial charge in [0.1, 0.15) is 17.7 Å². The average molecular weight is 352 g/mol. The van der Waals surface area contributed by atoms with Gasteiger partial charge in [-0.25, -0.2) is 14.4 Å². The number of hydrogen-bond acceptors (Lipinski definition) is 5. The lowest BCUT2D eigenvalue weighted by Crippen LogP contribution is -2.34. The normalized spacial score (nSPS) is 16.9. The molecule has 0 bridgehead atoms. The van der Waals surface area contributed by atoms with Crippen molar-refractivity contribution in [1.82, 2.24) is 14.9 Å². The number of aromatic nitrogens is 2. The zero-order chi connectivity index (χ0) is 16.9. The number of benzene rings is 1. The average Bonchev–Trinajstić information content (AvgIpc) is 3.05. The quantitative estimate of drug-likeness (QED) is 0.827. The van der Waals surface area contributed by atoms with E-state index in [1.165, 1.54) is 36.7 Å². The lowest BCUT2D eigenvalue weighted by molar-refractivity contribution is -0.132. The Morgan fingerprint density at radius 1 is 1.29 bits per heavy atom. The van der Waals surface area contributed by atoms with Crippen molar-refractivity contribution in [3.63, 3.8) is 0 Å². The lowest BCUT2D eigenvalue weighted by atomic mass is 10.3. The van der Waals surface area contributed by atoms with Crippen molar-refractivity contribution in [3.8, 4) is 11.8 Å². The molecule has 0 aliphatic carbocycles. The highest BCUT2D eigenvalue weighted by Crippen LogP contribution is 2.17. The maximum Gasteiger partial charge on any atom is 0.316 e. The molecule has 0 saturated carbocycles. The van der Waals surface area contributed by atoms with E-state index in [0.29, 0.717) is 30.3 Å². The van der Waals surface area contributed by atoms with Gasteiger partial charge in [-0.15, -0.1) is 0 Å². The van der Waals surface area contributed by atoms with Gasteiger partial charge in [-0.2, -0.15) is 0 Å². The fraction of sp³-hybridized carbons (Fsp3) is 0.312. The van der Waals surface area contributed by atoms with Crippen molar-refractivity contribution in [3.05, 3.63) is 47.5 Å². The molecule has 1 aliphatic rings. The van der Waals surface area contributed by atoms with E-state index in [1.807, 2.05) is 0 Å². The van der Waals surface area contributed by atoms with Crippen molar-refractivity contribution < 1.29 is 18.7 Å². The number of hydrogen-bond donors (Lipinski definition) is 0. The lowest BCUT2D eigenvalue weighted by Gasteiger charge is -2.17. The molecule has 0 unspecified atom stereocenters. The summed E-state index contributed by atoms with van der Waals surface area (Å²) < 4.78 is 23.8. The summed E-state index contributed by atoms with van der Waals surface area (Å²) in [6.07, 6.45) is 3.44. The van der Waals surface area contributed by atoms with Crippen LogP contribution in [0.5, 0.6) is 11.8 Å². The molecular weight excluding hydrogens is 337 g/mol. The summed E-state index contributed by atoms with van der Waals surface area (Å²) >= 11 is 5.72. The van der Waals surface area contributed by atoms with E-state index in [0.717, 1.165) is 0 Å². The second kappa shape index (κ2) is 7.44. The molecule has 0 spiro atoms. The number of nitrogens with zero attached hydrogens (tertiary/aromatic N) is 3. The summed E-state index contributed by atoms with van der Waals surface area (Å²) in [5, 5.41) is 0.434. The Kier molecular flexibility index (Phi) is 5.10. The predicted molar refractivity (Wildman–Crippen MR) is 84.6 cm³/mol. The summed E-state index contributed by atoms with van der Waals surface area (Å²) in [6, 6.07) is 5.77. The van der Waals surface area contributed by atoms with Crippen molar-refractivity contribution in [2.24, 2.45) is 0 Å². The van der Waals surface area contributed by atoms with Crippen LogP contribution in [0.15, 0.2) is 36.7 Å². The highest BCUT2D eigenvalue weighted by Gasteiger charge is 2.28. The molecule has 1 aromatic heterocycles. The summed E-state index contributed by atoms with van der Waals surface area (Å²) in [5.41, 5.74) is 0. The first-order valence-electron chi connectivity index (χ1n) is 7.40. The van der Waals surface area contributed by atoms with E-state index < -0.39 is 0 Å². The maximum absolute atomic E-state index is 12.8. The number of carbonyl (C=O) groups excluding carboxylic acids is 1. The van der Waals surface area contributed by atoms with Crippen LogP contribution in [0, 0.1) is 5.82 Å². The number of amides is 1. The van der Waals surface area contributed by atoms with Crippen LogP contribution >= 0.6 is 11.6 Å². The summed E-state index contributed by atoms with van der Waals surface area (Å²) in [7, 11) is 0. The molecule has 0 radical (unpaired) electrons. The Morgan fingerprint density at radius 3 is 2.71 bits per heavy atom. The number of ether oxygens (including phenoxy) is 2. The highest BCUT2D eigenvalue weighted by molar-refractivity contribution is 6.30. The minimum atomic E-state index is -0.349. The number of carbonyl (C=O) groups is 1. The number of halogens is 2. The molecule has 126 valence electrons. The molecule has 6 nitrogen and oxygen atoms in total. The first-order valence-corrected chi connectivity index (χ1v) is 7.78. The van der Waals surface area contributed by atoms with Gasteiger partial charge in [0.15, 0.2) is 6.61 Å². The fourth-order valence-corrected chi connectivity index (χ4v) is 2.43. The second-order valence-electron chi connectivity index (χ2n) is 5.29. The van der Waals surface area contributed by atoms with Crippen molar-refractivity contribution >= 4 is 17.5 Å². The van der Waals surface area contributed by atoms with Crippen LogP contribution in [0.25, 0.3) is 0 Å². The van der Waals surface area contributed by atoms with E-state index >= 15 is 0 Å². The summed E-state index contributed by atoms with van der Waals surface area (Å²) in [5.74, 6) is -0.0496. The van der Waals surface area contributed by atoms with Crippen LogP contribution in [0.4, 0.5) is 4.39 Å². The maximum atomic E-state index is 12.8. The molecule has 3 rings (SSSR count). The van der Waals surface area contributed by atoms with E-state index in [1.54, 1.807) is 4.90 Å². The molecule has 1 amide bonds. The third kappa shape index (κ3) is 4.32. The number of likely N-dealkylation sites (tertiary alicyclic amines) is 1. The van der Waals surface area contributed by atoms with Gasteiger partial charge in [0.05, 0.1) is 24.0 Å². The van der Waals surface area contributed by atoms with Gasteiger partial charge in [0.2, 0.25) is 0 Å². The van der Waals surface area contributed by atoms with Crippen LogP contribution < -0.4 is 9.47 Å². The first-order chi connectivity index (χ1) is 11.6. The Hall–Kier alpha value is -2.41. The molecule has 1 aliphatic heterocycles.